The zero-order chi connectivity index (χ0) is 11.3. The van der Waals surface area contributed by atoms with Crippen LogP contribution in [0.2, 0.25) is 0 Å². The number of nitrogens with two attached hydrogens (primary N) is 1. The van der Waals surface area contributed by atoms with Gasteiger partial charge in [-0.15, -0.1) is 0 Å². The van der Waals surface area contributed by atoms with E-state index in [1.54, 1.807) is 0 Å². The van der Waals surface area contributed by atoms with Crippen LogP contribution in [-0.4, -0.2) is 29.7 Å². The van der Waals surface area contributed by atoms with Crippen LogP contribution in [0.25, 0.3) is 0 Å². The highest BCUT2D eigenvalue weighted by atomic mass is 16.3. The molecule has 0 spiro atoms. The minimum atomic E-state index is -0.377. The lowest BCUT2D eigenvalue weighted by Crippen LogP contribution is -2.48. The number of carbonyl (C=O) groups excluding carboxylic acids is 1. The summed E-state index contributed by atoms with van der Waals surface area (Å²) in [6.07, 6.45) is 4.20. The molecule has 0 saturated heterocycles. The van der Waals surface area contributed by atoms with E-state index < -0.39 is 0 Å². The van der Waals surface area contributed by atoms with E-state index in [0.717, 1.165) is 32.1 Å². The van der Waals surface area contributed by atoms with Crippen LogP contribution in [0.15, 0.2) is 0 Å². The van der Waals surface area contributed by atoms with E-state index in [0.29, 0.717) is 6.54 Å². The van der Waals surface area contributed by atoms with Crippen molar-refractivity contribution in [2.45, 2.75) is 51.2 Å². The van der Waals surface area contributed by atoms with Crippen molar-refractivity contribution in [1.82, 2.24) is 5.32 Å². The molecule has 1 aliphatic carbocycles. The Bertz CT molecular complexity index is 205. The lowest BCUT2D eigenvalue weighted by atomic mass is 9.92. The second kappa shape index (κ2) is 6.08. The Morgan fingerprint density at radius 2 is 2.20 bits per heavy atom. The summed E-state index contributed by atoms with van der Waals surface area (Å²) in [5.74, 6) is -0.120. The van der Waals surface area contributed by atoms with E-state index in [-0.39, 0.29) is 24.0 Å². The third-order valence-electron chi connectivity index (χ3n) is 3.21. The Kier molecular flexibility index (Phi) is 5.05. The maximum atomic E-state index is 11.7. The molecule has 0 radical (unpaired) electrons. The van der Waals surface area contributed by atoms with Gasteiger partial charge in [-0.3, -0.25) is 4.79 Å². The fourth-order valence-electron chi connectivity index (χ4n) is 2.04. The Morgan fingerprint density at radius 1 is 1.53 bits per heavy atom. The number of rotatable bonds is 4. The summed E-state index contributed by atoms with van der Waals surface area (Å²) in [7, 11) is 0. The Labute approximate surface area is 91.2 Å². The summed E-state index contributed by atoms with van der Waals surface area (Å²) in [4.78, 5) is 11.7. The van der Waals surface area contributed by atoms with Gasteiger partial charge >= 0.3 is 0 Å². The zero-order valence-electron chi connectivity index (χ0n) is 9.41. The van der Waals surface area contributed by atoms with Crippen LogP contribution in [-0.2, 0) is 4.79 Å². The van der Waals surface area contributed by atoms with Gasteiger partial charge in [-0.25, -0.2) is 0 Å². The van der Waals surface area contributed by atoms with Crippen LogP contribution in [0.5, 0.6) is 0 Å². The van der Waals surface area contributed by atoms with Gasteiger partial charge in [-0.2, -0.15) is 0 Å². The summed E-state index contributed by atoms with van der Waals surface area (Å²) in [6, 6.07) is -0.0631. The molecule has 4 heteroatoms. The van der Waals surface area contributed by atoms with Crippen molar-refractivity contribution in [2.24, 2.45) is 11.7 Å². The molecule has 1 rings (SSSR count). The van der Waals surface area contributed by atoms with Crippen molar-refractivity contribution in [1.29, 1.82) is 0 Å². The fourth-order valence-corrected chi connectivity index (χ4v) is 2.04. The largest absolute Gasteiger partial charge is 0.391 e. The summed E-state index contributed by atoms with van der Waals surface area (Å²) < 4.78 is 0. The molecular weight excluding hydrogens is 192 g/mol. The molecule has 1 saturated carbocycles. The van der Waals surface area contributed by atoms with E-state index in [4.69, 9.17) is 5.73 Å². The maximum Gasteiger partial charge on any atom is 0.224 e. The van der Waals surface area contributed by atoms with Gasteiger partial charge in [-0.05, 0) is 19.3 Å². The predicted molar refractivity (Wildman–Crippen MR) is 59.2 cm³/mol. The van der Waals surface area contributed by atoms with Crippen molar-refractivity contribution in [2.75, 3.05) is 6.54 Å². The molecule has 4 nitrogen and oxygen atoms in total. The van der Waals surface area contributed by atoms with E-state index in [1.807, 2.05) is 6.92 Å². The standard InChI is InChI=1S/C11H22N2O2/c1-2-8(7-12)11(15)13-9-5-3-4-6-10(9)14/h8-10,14H,2-7,12H2,1H3,(H,13,15)/t8?,9-,10-/m0/s1. The highest BCUT2D eigenvalue weighted by Gasteiger charge is 2.26. The molecule has 88 valence electrons. The smallest absolute Gasteiger partial charge is 0.224 e. The van der Waals surface area contributed by atoms with Gasteiger partial charge in [0.2, 0.25) is 5.91 Å². The highest BCUT2D eigenvalue weighted by Crippen LogP contribution is 2.18. The van der Waals surface area contributed by atoms with E-state index in [1.165, 1.54) is 0 Å². The number of carbonyl (C=O) groups is 1. The maximum absolute atomic E-state index is 11.7. The monoisotopic (exact) mass is 214 g/mol. The van der Waals surface area contributed by atoms with Gasteiger partial charge in [0.1, 0.15) is 0 Å². The summed E-state index contributed by atoms with van der Waals surface area (Å²) in [5, 5.41) is 12.6. The summed E-state index contributed by atoms with van der Waals surface area (Å²) in [6.45, 7) is 2.33. The van der Waals surface area contributed by atoms with Crippen LogP contribution >= 0.6 is 0 Å². The third-order valence-corrected chi connectivity index (χ3v) is 3.21. The second-order valence-electron chi connectivity index (χ2n) is 4.31. The first-order valence-corrected chi connectivity index (χ1v) is 5.87. The van der Waals surface area contributed by atoms with Gasteiger partial charge < -0.3 is 16.2 Å². The quantitative estimate of drug-likeness (QED) is 0.633. The normalized spacial score (nSPS) is 28.5. The highest BCUT2D eigenvalue weighted by molar-refractivity contribution is 5.79. The first kappa shape index (κ1) is 12.5. The molecular formula is C11H22N2O2. The van der Waals surface area contributed by atoms with Crippen LogP contribution < -0.4 is 11.1 Å². The van der Waals surface area contributed by atoms with Crippen molar-refractivity contribution < 1.29 is 9.90 Å². The van der Waals surface area contributed by atoms with Crippen LogP contribution in [0.1, 0.15) is 39.0 Å². The summed E-state index contributed by atoms with van der Waals surface area (Å²) >= 11 is 0. The molecule has 1 fully saturated rings. The van der Waals surface area contributed by atoms with Crippen molar-refractivity contribution in [3.05, 3.63) is 0 Å². The SMILES string of the molecule is CCC(CN)C(=O)N[C@H]1CCCC[C@@H]1O. The van der Waals surface area contributed by atoms with Gasteiger partial charge in [0.15, 0.2) is 0 Å². The van der Waals surface area contributed by atoms with E-state index >= 15 is 0 Å². The van der Waals surface area contributed by atoms with Gasteiger partial charge in [-0.1, -0.05) is 19.8 Å². The van der Waals surface area contributed by atoms with E-state index in [2.05, 4.69) is 5.32 Å². The minimum absolute atomic E-state index is 0.00838. The molecule has 0 aliphatic heterocycles. The number of amides is 1. The molecule has 0 aromatic rings. The van der Waals surface area contributed by atoms with Gasteiger partial charge in [0.05, 0.1) is 12.1 Å². The molecule has 4 N–H and O–H groups in total. The lowest BCUT2D eigenvalue weighted by molar-refractivity contribution is -0.126. The number of nitrogens with one attached hydrogen (secondary N) is 1. The van der Waals surface area contributed by atoms with Crippen molar-refractivity contribution in [3.8, 4) is 0 Å². The third kappa shape index (κ3) is 3.47. The Balaban J connectivity index is 2.41. The van der Waals surface area contributed by atoms with Crippen molar-refractivity contribution >= 4 is 5.91 Å². The van der Waals surface area contributed by atoms with Gasteiger partial charge in [0, 0.05) is 12.5 Å². The predicted octanol–water partition coefficient (Wildman–Crippen LogP) is 0.391. The lowest BCUT2D eigenvalue weighted by Gasteiger charge is -2.29. The number of aliphatic hydroxyl groups excluding tert-OH is 1. The molecule has 0 aromatic carbocycles. The molecule has 1 amide bonds. The Morgan fingerprint density at radius 3 is 2.73 bits per heavy atom. The second-order valence-corrected chi connectivity index (χ2v) is 4.31. The molecule has 15 heavy (non-hydrogen) atoms. The average molecular weight is 214 g/mol. The first-order valence-electron chi connectivity index (χ1n) is 5.87. The number of aliphatic hydroxyl groups is 1. The molecule has 0 bridgehead atoms. The van der Waals surface area contributed by atoms with Crippen LogP contribution in [0, 0.1) is 5.92 Å². The van der Waals surface area contributed by atoms with Crippen molar-refractivity contribution in [3.63, 3.8) is 0 Å². The molecule has 1 aliphatic rings. The average Bonchev–Trinajstić information content (AvgIpc) is 2.23. The zero-order valence-corrected chi connectivity index (χ0v) is 9.41. The first-order chi connectivity index (χ1) is 7.19. The number of hydrogen-bond acceptors (Lipinski definition) is 3. The fraction of sp³-hybridized carbons (Fsp3) is 0.909. The molecule has 1 unspecified atom stereocenters. The number of hydrogen-bond donors (Lipinski definition) is 3. The minimum Gasteiger partial charge on any atom is -0.391 e. The van der Waals surface area contributed by atoms with Crippen LogP contribution in [0.3, 0.4) is 0 Å². The molecule has 3 atom stereocenters. The molecule has 0 aromatic heterocycles. The van der Waals surface area contributed by atoms with Crippen LogP contribution in [0.4, 0.5) is 0 Å². The van der Waals surface area contributed by atoms with Gasteiger partial charge in [0.25, 0.3) is 0 Å². The Hall–Kier alpha value is -0.610. The van der Waals surface area contributed by atoms with E-state index in [9.17, 15) is 9.90 Å². The summed E-state index contributed by atoms with van der Waals surface area (Å²) in [5.41, 5.74) is 5.50. The topological polar surface area (TPSA) is 75.4 Å². The molecule has 0 heterocycles.